The highest BCUT2D eigenvalue weighted by Crippen LogP contribution is 2.30. The van der Waals surface area contributed by atoms with E-state index in [1.807, 2.05) is 30.3 Å². The van der Waals surface area contributed by atoms with E-state index < -0.39 is 0 Å². The molecule has 2 rings (SSSR count). The standard InChI is InChI=1S/C14H13BrN2O2S/c15-12-5-4-11(14(7-12)17(18)19)9-20-13-3-1-2-10(6-13)8-16/h1-7H,8-9,16H2. The average Bonchev–Trinajstić information content (AvgIpc) is 2.46. The highest BCUT2D eigenvalue weighted by atomic mass is 79.9. The third-order valence-electron chi connectivity index (χ3n) is 2.77. The van der Waals surface area contributed by atoms with Gasteiger partial charge in [-0.15, -0.1) is 11.8 Å². The van der Waals surface area contributed by atoms with Crippen LogP contribution < -0.4 is 5.73 Å². The van der Waals surface area contributed by atoms with Crippen LogP contribution in [-0.2, 0) is 12.3 Å². The zero-order valence-corrected chi connectivity index (χ0v) is 13.0. The van der Waals surface area contributed by atoms with E-state index in [0.29, 0.717) is 22.3 Å². The second-order valence-electron chi connectivity index (χ2n) is 4.17. The van der Waals surface area contributed by atoms with Gasteiger partial charge in [-0.3, -0.25) is 10.1 Å². The lowest BCUT2D eigenvalue weighted by atomic mass is 10.2. The third-order valence-corrected chi connectivity index (χ3v) is 4.31. The molecule has 0 atom stereocenters. The van der Waals surface area contributed by atoms with Crippen LogP contribution >= 0.6 is 27.7 Å². The van der Waals surface area contributed by atoms with Crippen molar-refractivity contribution in [2.45, 2.75) is 17.2 Å². The highest BCUT2D eigenvalue weighted by Gasteiger charge is 2.14. The largest absolute Gasteiger partial charge is 0.326 e. The number of nitro groups is 1. The maximum Gasteiger partial charge on any atom is 0.274 e. The van der Waals surface area contributed by atoms with Crippen LogP contribution in [0.4, 0.5) is 5.69 Å². The van der Waals surface area contributed by atoms with Gasteiger partial charge < -0.3 is 5.73 Å². The molecule has 0 amide bonds. The van der Waals surface area contributed by atoms with Gasteiger partial charge in [0.25, 0.3) is 5.69 Å². The number of benzene rings is 2. The fourth-order valence-corrected chi connectivity index (χ4v) is 3.08. The first-order valence-electron chi connectivity index (χ1n) is 5.95. The number of nitrogens with zero attached hydrogens (tertiary/aromatic N) is 1. The Morgan fingerprint density at radius 1 is 1.25 bits per heavy atom. The molecule has 0 heterocycles. The molecule has 0 aliphatic rings. The van der Waals surface area contributed by atoms with Crippen molar-refractivity contribution in [2.75, 3.05) is 0 Å². The molecule has 0 saturated carbocycles. The van der Waals surface area contributed by atoms with E-state index >= 15 is 0 Å². The molecule has 0 aromatic heterocycles. The van der Waals surface area contributed by atoms with Gasteiger partial charge >= 0.3 is 0 Å². The Morgan fingerprint density at radius 2 is 2.05 bits per heavy atom. The Kier molecular flexibility index (Phi) is 5.17. The Morgan fingerprint density at radius 3 is 2.75 bits per heavy atom. The number of halogens is 1. The summed E-state index contributed by atoms with van der Waals surface area (Å²) in [7, 11) is 0. The molecule has 4 nitrogen and oxygen atoms in total. The van der Waals surface area contributed by atoms with Crippen LogP contribution in [0.15, 0.2) is 51.8 Å². The number of thioether (sulfide) groups is 1. The van der Waals surface area contributed by atoms with Crippen LogP contribution in [0.3, 0.4) is 0 Å². The molecule has 0 aliphatic carbocycles. The number of hydrogen-bond acceptors (Lipinski definition) is 4. The van der Waals surface area contributed by atoms with E-state index in [0.717, 1.165) is 10.5 Å². The topological polar surface area (TPSA) is 69.2 Å². The van der Waals surface area contributed by atoms with Gasteiger partial charge in [0.2, 0.25) is 0 Å². The Balaban J connectivity index is 2.16. The minimum absolute atomic E-state index is 0.141. The minimum Gasteiger partial charge on any atom is -0.326 e. The molecule has 0 unspecified atom stereocenters. The first kappa shape index (κ1) is 15.0. The number of nitro benzene ring substituents is 1. The molecule has 0 bridgehead atoms. The van der Waals surface area contributed by atoms with Gasteiger partial charge in [0.15, 0.2) is 0 Å². The molecule has 2 N–H and O–H groups in total. The first-order valence-corrected chi connectivity index (χ1v) is 7.72. The summed E-state index contributed by atoms with van der Waals surface area (Å²) in [4.78, 5) is 11.8. The second-order valence-corrected chi connectivity index (χ2v) is 6.13. The van der Waals surface area contributed by atoms with Crippen LogP contribution in [0.1, 0.15) is 11.1 Å². The molecule has 0 aliphatic heterocycles. The molecule has 0 saturated heterocycles. The van der Waals surface area contributed by atoms with Crippen molar-refractivity contribution >= 4 is 33.4 Å². The monoisotopic (exact) mass is 352 g/mol. The summed E-state index contributed by atoms with van der Waals surface area (Å²) < 4.78 is 0.711. The molecule has 2 aromatic carbocycles. The van der Waals surface area contributed by atoms with Gasteiger partial charge in [0.1, 0.15) is 0 Å². The Hall–Kier alpha value is -1.37. The SMILES string of the molecule is NCc1cccc(SCc2ccc(Br)cc2[N+](=O)[O-])c1. The molecule has 104 valence electrons. The molecule has 0 fully saturated rings. The molecule has 2 aromatic rings. The molecular weight excluding hydrogens is 340 g/mol. The highest BCUT2D eigenvalue weighted by molar-refractivity contribution is 9.10. The number of hydrogen-bond donors (Lipinski definition) is 1. The molecule has 20 heavy (non-hydrogen) atoms. The van der Waals surface area contributed by atoms with Crippen molar-refractivity contribution in [1.82, 2.24) is 0 Å². The normalized spacial score (nSPS) is 10.5. The molecule has 6 heteroatoms. The zero-order chi connectivity index (χ0) is 14.5. The second kappa shape index (κ2) is 6.88. The van der Waals surface area contributed by atoms with Gasteiger partial charge in [-0.1, -0.05) is 34.1 Å². The van der Waals surface area contributed by atoms with E-state index in [4.69, 9.17) is 5.73 Å². The predicted molar refractivity (Wildman–Crippen MR) is 84.7 cm³/mol. The Bertz CT molecular complexity index is 634. The quantitative estimate of drug-likeness (QED) is 0.499. The maximum atomic E-state index is 11.0. The van der Waals surface area contributed by atoms with Crippen molar-refractivity contribution in [1.29, 1.82) is 0 Å². The van der Waals surface area contributed by atoms with E-state index in [2.05, 4.69) is 15.9 Å². The Labute approximate surface area is 129 Å². The summed E-state index contributed by atoms with van der Waals surface area (Å²) in [5.74, 6) is 0.553. The fourth-order valence-electron chi connectivity index (χ4n) is 1.75. The summed E-state index contributed by atoms with van der Waals surface area (Å²) in [5, 5.41) is 11.0. The summed E-state index contributed by atoms with van der Waals surface area (Å²) in [6, 6.07) is 13.0. The zero-order valence-electron chi connectivity index (χ0n) is 10.6. The smallest absolute Gasteiger partial charge is 0.274 e. The number of nitrogens with two attached hydrogens (primary N) is 1. The van der Waals surface area contributed by atoms with Crippen LogP contribution in [-0.4, -0.2) is 4.92 Å². The summed E-state index contributed by atoms with van der Waals surface area (Å²) in [5.41, 5.74) is 7.51. The summed E-state index contributed by atoms with van der Waals surface area (Å²) in [6.07, 6.45) is 0. The van der Waals surface area contributed by atoms with Crippen molar-refractivity contribution in [3.63, 3.8) is 0 Å². The lowest BCUT2D eigenvalue weighted by molar-refractivity contribution is -0.385. The average molecular weight is 353 g/mol. The lowest BCUT2D eigenvalue weighted by Gasteiger charge is -2.05. The van der Waals surface area contributed by atoms with Crippen molar-refractivity contribution in [3.8, 4) is 0 Å². The van der Waals surface area contributed by atoms with Gasteiger partial charge in [-0.05, 0) is 23.8 Å². The third kappa shape index (κ3) is 3.82. The van der Waals surface area contributed by atoms with Crippen molar-refractivity contribution in [2.24, 2.45) is 5.73 Å². The van der Waals surface area contributed by atoms with E-state index in [1.54, 1.807) is 17.8 Å². The van der Waals surface area contributed by atoms with Crippen LogP contribution in [0, 0.1) is 10.1 Å². The molecule has 0 spiro atoms. The van der Waals surface area contributed by atoms with E-state index in [9.17, 15) is 10.1 Å². The van der Waals surface area contributed by atoms with Crippen LogP contribution in [0.5, 0.6) is 0 Å². The minimum atomic E-state index is -0.350. The summed E-state index contributed by atoms with van der Waals surface area (Å²) in [6.45, 7) is 0.493. The molecule has 0 radical (unpaired) electrons. The van der Waals surface area contributed by atoms with Crippen LogP contribution in [0.2, 0.25) is 0 Å². The van der Waals surface area contributed by atoms with Gasteiger partial charge in [-0.2, -0.15) is 0 Å². The van der Waals surface area contributed by atoms with Crippen molar-refractivity contribution < 1.29 is 4.92 Å². The van der Waals surface area contributed by atoms with Crippen molar-refractivity contribution in [3.05, 3.63) is 68.2 Å². The van der Waals surface area contributed by atoms with Gasteiger partial charge in [0.05, 0.1) is 4.92 Å². The predicted octanol–water partition coefficient (Wildman–Crippen LogP) is 4.11. The first-order chi connectivity index (χ1) is 9.60. The maximum absolute atomic E-state index is 11.0. The van der Waals surface area contributed by atoms with E-state index in [1.165, 1.54) is 6.07 Å². The van der Waals surface area contributed by atoms with Gasteiger partial charge in [0, 0.05) is 33.3 Å². The van der Waals surface area contributed by atoms with Gasteiger partial charge in [-0.25, -0.2) is 0 Å². The van der Waals surface area contributed by atoms with Crippen LogP contribution in [0.25, 0.3) is 0 Å². The summed E-state index contributed by atoms with van der Waals surface area (Å²) >= 11 is 4.82. The van der Waals surface area contributed by atoms with E-state index in [-0.39, 0.29) is 10.6 Å². The number of rotatable bonds is 5. The molecular formula is C14H13BrN2O2S. The fraction of sp³-hybridized carbons (Fsp3) is 0.143. The lowest BCUT2D eigenvalue weighted by Crippen LogP contribution is -1.96.